The zero-order valence-electron chi connectivity index (χ0n) is 12.7. The first-order chi connectivity index (χ1) is 10.8. The zero-order chi connectivity index (χ0) is 17.0. The molecule has 2 rings (SSSR count). The molecule has 0 atom stereocenters. The number of benzene rings is 1. The summed E-state index contributed by atoms with van der Waals surface area (Å²) in [5.74, 6) is -0.725. The van der Waals surface area contributed by atoms with Crippen molar-refractivity contribution in [3.63, 3.8) is 0 Å². The normalized spacial score (nSPS) is 10.0. The Kier molecular flexibility index (Phi) is 4.75. The Morgan fingerprint density at radius 1 is 1.00 bits per heavy atom. The molecule has 23 heavy (non-hydrogen) atoms. The van der Waals surface area contributed by atoms with E-state index in [2.05, 4.69) is 10.5 Å². The number of ether oxygens (including phenoxy) is 2. The highest BCUT2D eigenvalue weighted by atomic mass is 16.5. The lowest BCUT2D eigenvalue weighted by molar-refractivity contribution is -0.132. The van der Waals surface area contributed by atoms with Crippen molar-refractivity contribution >= 4 is 23.7 Å². The van der Waals surface area contributed by atoms with Gasteiger partial charge in [-0.05, 0) is 19.1 Å². The number of aromatic nitrogens is 1. The highest BCUT2D eigenvalue weighted by molar-refractivity contribution is 6.04. The molecule has 1 amide bonds. The first kappa shape index (κ1) is 16.2. The molecule has 0 unspecified atom stereocenters. The minimum atomic E-state index is -0.566. The van der Waals surface area contributed by atoms with Gasteiger partial charge in [0, 0.05) is 31.5 Å². The lowest BCUT2D eigenvalue weighted by atomic mass is 10.2. The maximum atomic E-state index is 12.2. The van der Waals surface area contributed by atoms with Crippen molar-refractivity contribution < 1.29 is 28.4 Å². The Balaban J connectivity index is 2.29. The Morgan fingerprint density at radius 2 is 1.57 bits per heavy atom. The molecule has 0 radical (unpaired) electrons. The zero-order valence-corrected chi connectivity index (χ0v) is 12.7. The number of nitrogens with one attached hydrogen (secondary N) is 1. The van der Waals surface area contributed by atoms with Crippen molar-refractivity contribution in [1.82, 2.24) is 5.16 Å². The summed E-state index contributed by atoms with van der Waals surface area (Å²) in [6.45, 7) is 4.12. The van der Waals surface area contributed by atoms with Gasteiger partial charge in [-0.15, -0.1) is 0 Å². The second-order valence-corrected chi connectivity index (χ2v) is 4.66. The Bertz CT molecular complexity index is 731. The third-order valence-electron chi connectivity index (χ3n) is 2.53. The summed E-state index contributed by atoms with van der Waals surface area (Å²) in [7, 11) is 0. The van der Waals surface area contributed by atoms with Crippen LogP contribution in [0.4, 0.5) is 5.82 Å². The Morgan fingerprint density at radius 3 is 2.00 bits per heavy atom. The summed E-state index contributed by atoms with van der Waals surface area (Å²) in [5.41, 5.74) is 0.126. The quantitative estimate of drug-likeness (QED) is 0.679. The van der Waals surface area contributed by atoms with Gasteiger partial charge in [-0.25, -0.2) is 0 Å². The minimum absolute atomic E-state index is 0.0812. The average molecular weight is 318 g/mol. The van der Waals surface area contributed by atoms with Crippen LogP contribution < -0.4 is 14.8 Å². The smallest absolute Gasteiger partial charge is 0.308 e. The van der Waals surface area contributed by atoms with E-state index in [9.17, 15) is 14.4 Å². The molecule has 0 saturated carbocycles. The van der Waals surface area contributed by atoms with Crippen LogP contribution >= 0.6 is 0 Å². The molecule has 0 aliphatic carbocycles. The third-order valence-corrected chi connectivity index (χ3v) is 2.53. The second-order valence-electron chi connectivity index (χ2n) is 4.66. The topological polar surface area (TPSA) is 108 Å². The first-order valence-corrected chi connectivity index (χ1v) is 6.60. The van der Waals surface area contributed by atoms with Crippen LogP contribution in [0, 0.1) is 6.92 Å². The van der Waals surface area contributed by atoms with Crippen LogP contribution in [0.5, 0.6) is 11.5 Å². The first-order valence-electron chi connectivity index (χ1n) is 6.60. The standard InChI is InChI=1S/C15H14N2O6/c1-8-4-14(17-23-8)16-15(20)11-5-12(21-9(2)18)7-13(6-11)22-10(3)19/h4-7H,1-3H3,(H,16,17,20). The van der Waals surface area contributed by atoms with E-state index in [1.807, 2.05) is 0 Å². The molecule has 0 bridgehead atoms. The summed E-state index contributed by atoms with van der Waals surface area (Å²) < 4.78 is 14.7. The number of hydrogen-bond donors (Lipinski definition) is 1. The van der Waals surface area contributed by atoms with E-state index in [1.54, 1.807) is 13.0 Å². The van der Waals surface area contributed by atoms with Gasteiger partial charge in [-0.3, -0.25) is 14.4 Å². The fraction of sp³-hybridized carbons (Fsp3) is 0.200. The Labute approximate surface area is 131 Å². The van der Waals surface area contributed by atoms with Gasteiger partial charge in [0.15, 0.2) is 5.82 Å². The molecule has 2 aromatic rings. The van der Waals surface area contributed by atoms with Crippen LogP contribution in [0.1, 0.15) is 30.0 Å². The summed E-state index contributed by atoms with van der Waals surface area (Å²) in [6, 6.07) is 5.56. The van der Waals surface area contributed by atoms with Crippen molar-refractivity contribution in [2.24, 2.45) is 0 Å². The number of hydrogen-bond acceptors (Lipinski definition) is 7. The highest BCUT2D eigenvalue weighted by Crippen LogP contribution is 2.24. The number of nitrogens with zero attached hydrogens (tertiary/aromatic N) is 1. The molecule has 120 valence electrons. The molecular formula is C15H14N2O6. The largest absolute Gasteiger partial charge is 0.427 e. The lowest BCUT2D eigenvalue weighted by Gasteiger charge is -2.08. The van der Waals surface area contributed by atoms with Gasteiger partial charge < -0.3 is 19.3 Å². The monoisotopic (exact) mass is 318 g/mol. The van der Waals surface area contributed by atoms with Crippen molar-refractivity contribution in [2.75, 3.05) is 5.32 Å². The van der Waals surface area contributed by atoms with E-state index >= 15 is 0 Å². The van der Waals surface area contributed by atoms with Gasteiger partial charge in [0.25, 0.3) is 5.91 Å². The van der Waals surface area contributed by atoms with E-state index < -0.39 is 17.8 Å². The number of esters is 2. The van der Waals surface area contributed by atoms with Crippen molar-refractivity contribution in [2.45, 2.75) is 20.8 Å². The maximum absolute atomic E-state index is 12.2. The number of carbonyl (C=O) groups excluding carboxylic acids is 3. The predicted octanol–water partition coefficient (Wildman–Crippen LogP) is 2.09. The molecule has 0 spiro atoms. The maximum Gasteiger partial charge on any atom is 0.308 e. The van der Waals surface area contributed by atoms with E-state index in [1.165, 1.54) is 32.0 Å². The average Bonchev–Trinajstić information content (AvgIpc) is 2.82. The van der Waals surface area contributed by atoms with E-state index in [0.717, 1.165) is 0 Å². The number of carbonyl (C=O) groups is 3. The molecule has 1 aromatic carbocycles. The fourth-order valence-corrected chi connectivity index (χ4v) is 1.77. The molecular weight excluding hydrogens is 304 g/mol. The van der Waals surface area contributed by atoms with Crippen molar-refractivity contribution in [3.05, 3.63) is 35.6 Å². The number of aryl methyl sites for hydroxylation is 1. The lowest BCUT2D eigenvalue weighted by Crippen LogP contribution is -2.13. The van der Waals surface area contributed by atoms with Gasteiger partial charge in [0.05, 0.1) is 0 Å². The highest BCUT2D eigenvalue weighted by Gasteiger charge is 2.14. The molecule has 8 heteroatoms. The molecule has 0 saturated heterocycles. The molecule has 0 fully saturated rings. The SMILES string of the molecule is CC(=O)Oc1cc(OC(C)=O)cc(C(=O)Nc2cc(C)on2)c1. The van der Waals surface area contributed by atoms with Crippen LogP contribution in [0.2, 0.25) is 0 Å². The number of amides is 1. The predicted molar refractivity (Wildman–Crippen MR) is 78.3 cm³/mol. The molecule has 1 aromatic heterocycles. The van der Waals surface area contributed by atoms with Crippen LogP contribution in [-0.4, -0.2) is 23.0 Å². The third kappa shape index (κ3) is 4.67. The fourth-order valence-electron chi connectivity index (χ4n) is 1.77. The minimum Gasteiger partial charge on any atom is -0.427 e. The van der Waals surface area contributed by atoms with Gasteiger partial charge in [-0.1, -0.05) is 5.16 Å². The Hall–Kier alpha value is -3.16. The molecule has 0 aliphatic rings. The van der Waals surface area contributed by atoms with Gasteiger partial charge in [0.1, 0.15) is 17.3 Å². The summed E-state index contributed by atoms with van der Waals surface area (Å²) in [5, 5.41) is 6.16. The van der Waals surface area contributed by atoms with Crippen molar-refractivity contribution in [3.8, 4) is 11.5 Å². The second kappa shape index (κ2) is 6.73. The molecule has 0 aliphatic heterocycles. The van der Waals surface area contributed by atoms with Crippen LogP contribution in [-0.2, 0) is 9.59 Å². The molecule has 1 heterocycles. The van der Waals surface area contributed by atoms with Crippen LogP contribution in [0.15, 0.2) is 28.8 Å². The van der Waals surface area contributed by atoms with E-state index in [4.69, 9.17) is 14.0 Å². The summed E-state index contributed by atoms with van der Waals surface area (Å²) in [6.07, 6.45) is 0. The number of rotatable bonds is 4. The molecule has 8 nitrogen and oxygen atoms in total. The van der Waals surface area contributed by atoms with Crippen molar-refractivity contribution in [1.29, 1.82) is 0 Å². The van der Waals surface area contributed by atoms with Crippen LogP contribution in [0.25, 0.3) is 0 Å². The molecule has 1 N–H and O–H groups in total. The van der Waals surface area contributed by atoms with E-state index in [0.29, 0.717) is 5.76 Å². The van der Waals surface area contributed by atoms with Crippen LogP contribution in [0.3, 0.4) is 0 Å². The van der Waals surface area contributed by atoms with Gasteiger partial charge >= 0.3 is 11.9 Å². The number of anilines is 1. The summed E-state index contributed by atoms with van der Waals surface area (Å²) >= 11 is 0. The van der Waals surface area contributed by atoms with Gasteiger partial charge in [-0.2, -0.15) is 0 Å². The van der Waals surface area contributed by atoms with Gasteiger partial charge in [0.2, 0.25) is 0 Å². The summed E-state index contributed by atoms with van der Waals surface area (Å²) in [4.78, 5) is 34.4. The van der Waals surface area contributed by atoms with E-state index in [-0.39, 0.29) is 22.9 Å².